The quantitative estimate of drug-likeness (QED) is 0.677. The van der Waals surface area contributed by atoms with Gasteiger partial charge in [-0.05, 0) is 35.3 Å². The number of phenols is 2. The molecule has 0 amide bonds. The molecule has 0 aliphatic rings. The summed E-state index contributed by atoms with van der Waals surface area (Å²) in [6.45, 7) is 6.45. The molecule has 2 N–H and O–H groups in total. The summed E-state index contributed by atoms with van der Waals surface area (Å²) in [5.74, 6) is 0.183. The Morgan fingerprint density at radius 2 is 1.61 bits per heavy atom. The fourth-order valence-corrected chi connectivity index (χ4v) is 2.91. The molecule has 122 valence electrons. The van der Waals surface area contributed by atoms with Gasteiger partial charge in [0.25, 0.3) is 0 Å². The summed E-state index contributed by atoms with van der Waals surface area (Å²) in [5, 5.41) is 19.7. The van der Waals surface area contributed by atoms with Gasteiger partial charge < -0.3 is 10.2 Å². The molecule has 0 atom stereocenters. The summed E-state index contributed by atoms with van der Waals surface area (Å²) >= 11 is 0. The molecule has 0 unspecified atom stereocenters. The maximum atomic E-state index is 9.84. The van der Waals surface area contributed by atoms with Gasteiger partial charge in [-0.1, -0.05) is 70.0 Å². The van der Waals surface area contributed by atoms with Gasteiger partial charge >= 0.3 is 0 Å². The molecule has 0 fully saturated rings. The summed E-state index contributed by atoms with van der Waals surface area (Å²) in [6.07, 6.45) is 5.62. The van der Waals surface area contributed by atoms with E-state index in [1.165, 1.54) is 17.2 Å². The average Bonchev–Trinajstić information content (AvgIpc) is 2.51. The molecular formula is C21H26O2. The van der Waals surface area contributed by atoms with E-state index >= 15 is 0 Å². The first-order valence-corrected chi connectivity index (χ1v) is 8.24. The van der Waals surface area contributed by atoms with Crippen LogP contribution in [0.5, 0.6) is 11.5 Å². The molecule has 2 heteroatoms. The first-order valence-electron chi connectivity index (χ1n) is 8.24. The van der Waals surface area contributed by atoms with E-state index in [2.05, 4.69) is 39.0 Å². The zero-order chi connectivity index (χ0) is 16.9. The SMILES string of the molecule is CCCC/C=C(\c1ccccc1)C(C)(C)c1cc(O)cc(O)c1. The van der Waals surface area contributed by atoms with Gasteiger partial charge in [0.1, 0.15) is 11.5 Å². The van der Waals surface area contributed by atoms with Gasteiger partial charge in [-0.3, -0.25) is 0 Å². The van der Waals surface area contributed by atoms with Crippen molar-refractivity contribution >= 4 is 5.57 Å². The number of allylic oxidation sites excluding steroid dienone is 2. The molecule has 0 saturated heterocycles. The molecule has 0 saturated carbocycles. The van der Waals surface area contributed by atoms with E-state index < -0.39 is 0 Å². The number of hydrogen-bond acceptors (Lipinski definition) is 2. The van der Waals surface area contributed by atoms with Crippen LogP contribution in [0.2, 0.25) is 0 Å². The number of phenolic OH excluding ortho intramolecular Hbond substituents is 2. The van der Waals surface area contributed by atoms with Crippen molar-refractivity contribution in [3.05, 3.63) is 65.7 Å². The molecule has 2 aromatic carbocycles. The van der Waals surface area contributed by atoms with Crippen molar-refractivity contribution in [1.29, 1.82) is 0 Å². The minimum atomic E-state index is -0.314. The molecular weight excluding hydrogens is 284 g/mol. The highest BCUT2D eigenvalue weighted by Gasteiger charge is 2.27. The predicted octanol–water partition coefficient (Wildman–Crippen LogP) is 5.65. The van der Waals surface area contributed by atoms with Crippen molar-refractivity contribution in [1.82, 2.24) is 0 Å². The van der Waals surface area contributed by atoms with Crippen LogP contribution in [0.25, 0.3) is 5.57 Å². The van der Waals surface area contributed by atoms with Gasteiger partial charge in [0, 0.05) is 11.5 Å². The Morgan fingerprint density at radius 3 is 2.17 bits per heavy atom. The van der Waals surface area contributed by atoms with Gasteiger partial charge in [-0.25, -0.2) is 0 Å². The van der Waals surface area contributed by atoms with Crippen LogP contribution in [0.1, 0.15) is 51.2 Å². The van der Waals surface area contributed by atoms with Gasteiger partial charge in [0.2, 0.25) is 0 Å². The summed E-state index contributed by atoms with van der Waals surface area (Å²) < 4.78 is 0. The van der Waals surface area contributed by atoms with Crippen LogP contribution in [0.3, 0.4) is 0 Å². The summed E-state index contributed by atoms with van der Waals surface area (Å²) in [5.41, 5.74) is 2.99. The van der Waals surface area contributed by atoms with Crippen LogP contribution in [0.15, 0.2) is 54.6 Å². The largest absolute Gasteiger partial charge is 0.508 e. The molecule has 0 bridgehead atoms. The highest BCUT2D eigenvalue weighted by Crippen LogP contribution is 2.40. The lowest BCUT2D eigenvalue weighted by molar-refractivity contribution is 0.447. The van der Waals surface area contributed by atoms with Crippen LogP contribution in [-0.2, 0) is 5.41 Å². The lowest BCUT2D eigenvalue weighted by Gasteiger charge is -2.30. The monoisotopic (exact) mass is 310 g/mol. The zero-order valence-electron chi connectivity index (χ0n) is 14.2. The fourth-order valence-electron chi connectivity index (χ4n) is 2.91. The Morgan fingerprint density at radius 1 is 1.00 bits per heavy atom. The predicted molar refractivity (Wildman–Crippen MR) is 96.7 cm³/mol. The summed E-state index contributed by atoms with van der Waals surface area (Å²) in [4.78, 5) is 0. The van der Waals surface area contributed by atoms with Crippen molar-refractivity contribution in [3.63, 3.8) is 0 Å². The van der Waals surface area contributed by atoms with Gasteiger partial charge in [-0.15, -0.1) is 0 Å². The van der Waals surface area contributed by atoms with E-state index in [1.807, 2.05) is 18.2 Å². The Hall–Kier alpha value is -2.22. The second-order valence-electron chi connectivity index (χ2n) is 6.49. The van der Waals surface area contributed by atoms with Gasteiger partial charge in [-0.2, -0.15) is 0 Å². The van der Waals surface area contributed by atoms with Crippen LogP contribution in [0.4, 0.5) is 0 Å². The third-order valence-electron chi connectivity index (χ3n) is 4.29. The van der Waals surface area contributed by atoms with Crippen LogP contribution >= 0.6 is 0 Å². The molecule has 0 radical (unpaired) electrons. The highest BCUT2D eigenvalue weighted by molar-refractivity contribution is 5.75. The van der Waals surface area contributed by atoms with Crippen LogP contribution in [-0.4, -0.2) is 10.2 Å². The van der Waals surface area contributed by atoms with Crippen molar-refractivity contribution in [2.24, 2.45) is 0 Å². The highest BCUT2D eigenvalue weighted by atomic mass is 16.3. The molecule has 23 heavy (non-hydrogen) atoms. The molecule has 2 rings (SSSR count). The molecule has 0 spiro atoms. The molecule has 0 aromatic heterocycles. The van der Waals surface area contributed by atoms with Gasteiger partial charge in [0.05, 0.1) is 0 Å². The van der Waals surface area contributed by atoms with E-state index in [9.17, 15) is 10.2 Å². The normalized spacial score (nSPS) is 12.4. The number of hydrogen-bond donors (Lipinski definition) is 2. The van der Waals surface area contributed by atoms with Crippen molar-refractivity contribution in [3.8, 4) is 11.5 Å². The van der Waals surface area contributed by atoms with Crippen LogP contribution < -0.4 is 0 Å². The summed E-state index contributed by atoms with van der Waals surface area (Å²) in [6, 6.07) is 15.2. The third kappa shape index (κ3) is 4.16. The van der Waals surface area contributed by atoms with Crippen molar-refractivity contribution < 1.29 is 10.2 Å². The smallest absolute Gasteiger partial charge is 0.119 e. The summed E-state index contributed by atoms with van der Waals surface area (Å²) in [7, 11) is 0. The molecule has 0 aliphatic carbocycles. The number of rotatable bonds is 6. The minimum Gasteiger partial charge on any atom is -0.508 e. The Bertz CT molecular complexity index is 649. The maximum absolute atomic E-state index is 9.84. The zero-order valence-corrected chi connectivity index (χ0v) is 14.2. The number of unbranched alkanes of at least 4 members (excludes halogenated alkanes) is 2. The molecule has 2 nitrogen and oxygen atoms in total. The van der Waals surface area contributed by atoms with E-state index in [1.54, 1.807) is 12.1 Å². The first kappa shape index (κ1) is 17.1. The van der Waals surface area contributed by atoms with E-state index in [0.29, 0.717) is 0 Å². The average molecular weight is 310 g/mol. The molecule has 0 aliphatic heterocycles. The van der Waals surface area contributed by atoms with E-state index in [-0.39, 0.29) is 16.9 Å². The lowest BCUT2D eigenvalue weighted by atomic mass is 9.74. The first-order chi connectivity index (χ1) is 10.9. The second kappa shape index (κ2) is 7.36. The Balaban J connectivity index is 2.50. The van der Waals surface area contributed by atoms with Gasteiger partial charge in [0.15, 0.2) is 0 Å². The maximum Gasteiger partial charge on any atom is 0.119 e. The standard InChI is InChI=1S/C21H26O2/c1-4-5-7-12-20(16-10-8-6-9-11-16)21(2,3)17-13-18(22)15-19(23)14-17/h6,8-15,22-23H,4-5,7H2,1-3H3/b20-12+. The lowest BCUT2D eigenvalue weighted by Crippen LogP contribution is -2.19. The topological polar surface area (TPSA) is 40.5 Å². The van der Waals surface area contributed by atoms with Crippen molar-refractivity contribution in [2.75, 3.05) is 0 Å². The Labute approximate surface area is 139 Å². The second-order valence-corrected chi connectivity index (χ2v) is 6.49. The van der Waals surface area contributed by atoms with Crippen molar-refractivity contribution in [2.45, 2.75) is 45.4 Å². The van der Waals surface area contributed by atoms with Crippen LogP contribution in [0, 0.1) is 0 Å². The third-order valence-corrected chi connectivity index (χ3v) is 4.29. The Kier molecular flexibility index (Phi) is 5.49. The van der Waals surface area contributed by atoms with E-state index in [0.717, 1.165) is 24.8 Å². The number of aromatic hydroxyl groups is 2. The van der Waals surface area contributed by atoms with E-state index in [4.69, 9.17) is 0 Å². The fraction of sp³-hybridized carbons (Fsp3) is 0.333. The number of benzene rings is 2. The molecule has 0 heterocycles. The molecule has 2 aromatic rings. The minimum absolute atomic E-state index is 0.0917.